The smallest absolute Gasteiger partial charge is 0.344 e. The zero-order valence-electron chi connectivity index (χ0n) is 17.3. The third kappa shape index (κ3) is 3.01. The van der Waals surface area contributed by atoms with Crippen molar-refractivity contribution in [2.75, 3.05) is 18.0 Å². The molecular weight excluding hydrogens is 390 g/mol. The maximum atomic E-state index is 12.9. The van der Waals surface area contributed by atoms with E-state index in [0.29, 0.717) is 33.1 Å². The van der Waals surface area contributed by atoms with Crippen molar-refractivity contribution < 1.29 is 19.1 Å². The van der Waals surface area contributed by atoms with Crippen LogP contribution >= 0.6 is 0 Å². The Balaban J connectivity index is 1.77. The highest BCUT2D eigenvalue weighted by Crippen LogP contribution is 2.31. The molecule has 0 fully saturated rings. The minimum absolute atomic E-state index is 0.397. The molecule has 5 rings (SSSR count). The topological polar surface area (TPSA) is 55.8 Å². The van der Waals surface area contributed by atoms with Crippen LogP contribution in [0.25, 0.3) is 11.1 Å². The molecule has 3 aromatic carbocycles. The molecule has 3 aromatic rings. The second-order valence-electron chi connectivity index (χ2n) is 7.43. The maximum Gasteiger partial charge on any atom is 0.344 e. The van der Waals surface area contributed by atoms with E-state index in [4.69, 9.17) is 9.47 Å². The highest BCUT2D eigenvalue weighted by atomic mass is 16.5. The fraction of sp³-hybridized carbons (Fsp3) is 0.154. The van der Waals surface area contributed by atoms with E-state index in [1.807, 2.05) is 54.6 Å². The van der Waals surface area contributed by atoms with Crippen LogP contribution in [0.3, 0.4) is 0 Å². The summed E-state index contributed by atoms with van der Waals surface area (Å²) in [6.45, 7) is 5.80. The van der Waals surface area contributed by atoms with Crippen LogP contribution in [-0.2, 0) is 9.59 Å². The first-order chi connectivity index (χ1) is 15.1. The van der Waals surface area contributed by atoms with Crippen molar-refractivity contribution in [3.63, 3.8) is 0 Å². The molecular formula is C26H21NO4. The van der Waals surface area contributed by atoms with Gasteiger partial charge in [-0.3, -0.25) is 0 Å². The SMILES string of the molecule is CCN(CC)c1ccccc1C1=c2cc3c(cc2OC1=O)=C(c1ccccc1)C(=O)O3. The highest BCUT2D eigenvalue weighted by molar-refractivity contribution is 6.22. The molecule has 0 saturated heterocycles. The second kappa shape index (κ2) is 7.43. The monoisotopic (exact) mass is 411 g/mol. The number of nitrogens with zero attached hydrogens (tertiary/aromatic N) is 1. The average Bonchev–Trinajstić information content (AvgIpc) is 3.28. The van der Waals surface area contributed by atoms with Gasteiger partial charge in [0.1, 0.15) is 11.5 Å². The zero-order chi connectivity index (χ0) is 21.5. The fourth-order valence-corrected chi connectivity index (χ4v) is 4.30. The van der Waals surface area contributed by atoms with Gasteiger partial charge in [0.25, 0.3) is 0 Å². The first kappa shape index (κ1) is 19.1. The van der Waals surface area contributed by atoms with Gasteiger partial charge in [0.15, 0.2) is 0 Å². The molecule has 0 aliphatic carbocycles. The van der Waals surface area contributed by atoms with Crippen molar-refractivity contribution in [1.82, 2.24) is 0 Å². The van der Waals surface area contributed by atoms with Gasteiger partial charge < -0.3 is 14.4 Å². The number of benzene rings is 3. The normalized spacial score (nSPS) is 14.3. The lowest BCUT2D eigenvalue weighted by Crippen LogP contribution is -2.24. The summed E-state index contributed by atoms with van der Waals surface area (Å²) in [4.78, 5) is 27.7. The van der Waals surface area contributed by atoms with Crippen molar-refractivity contribution in [2.45, 2.75) is 13.8 Å². The molecule has 5 heteroatoms. The van der Waals surface area contributed by atoms with Crippen molar-refractivity contribution in [2.24, 2.45) is 0 Å². The summed E-state index contributed by atoms with van der Waals surface area (Å²) in [7, 11) is 0. The standard InChI is InChI=1S/C26H21NO4/c1-3-27(4-2)20-13-9-8-12-17(20)24-19-15-21-18(14-22(19)31-26(24)29)23(25(28)30-21)16-10-6-5-7-11-16/h5-15H,3-4H2,1-2H3. The Morgan fingerprint density at radius 3 is 1.90 bits per heavy atom. The average molecular weight is 411 g/mol. The molecule has 5 nitrogen and oxygen atoms in total. The maximum absolute atomic E-state index is 12.9. The molecule has 0 saturated carbocycles. The number of para-hydroxylation sites is 1. The van der Waals surface area contributed by atoms with E-state index in [1.54, 1.807) is 12.1 Å². The molecule has 2 aliphatic heterocycles. The number of anilines is 1. The predicted molar refractivity (Wildman–Crippen MR) is 118 cm³/mol. The van der Waals surface area contributed by atoms with Gasteiger partial charge in [-0.05, 0) is 37.6 Å². The van der Waals surface area contributed by atoms with Gasteiger partial charge in [-0.15, -0.1) is 0 Å². The number of hydrogen-bond donors (Lipinski definition) is 0. The Bertz CT molecular complexity index is 1340. The lowest BCUT2D eigenvalue weighted by molar-refractivity contribution is -0.128. The first-order valence-corrected chi connectivity index (χ1v) is 10.4. The molecule has 0 atom stereocenters. The van der Waals surface area contributed by atoms with Crippen LogP contribution in [0, 0.1) is 0 Å². The fourth-order valence-electron chi connectivity index (χ4n) is 4.30. The Labute approximate surface area is 179 Å². The highest BCUT2D eigenvalue weighted by Gasteiger charge is 2.31. The summed E-state index contributed by atoms with van der Waals surface area (Å²) in [5.41, 5.74) is 3.52. The van der Waals surface area contributed by atoms with Crippen LogP contribution in [0.5, 0.6) is 11.5 Å². The molecule has 0 aromatic heterocycles. The molecule has 0 amide bonds. The minimum atomic E-state index is -0.402. The van der Waals surface area contributed by atoms with Crippen molar-refractivity contribution >= 4 is 28.8 Å². The van der Waals surface area contributed by atoms with Gasteiger partial charge in [0, 0.05) is 34.8 Å². The predicted octanol–water partition coefficient (Wildman–Crippen LogP) is 2.77. The summed E-state index contributed by atoms with van der Waals surface area (Å²) in [5, 5.41) is 1.28. The lowest BCUT2D eigenvalue weighted by Gasteiger charge is -2.24. The number of ether oxygens (including phenoxy) is 2. The van der Waals surface area contributed by atoms with E-state index >= 15 is 0 Å². The number of hydrogen-bond acceptors (Lipinski definition) is 5. The van der Waals surface area contributed by atoms with Crippen LogP contribution in [0.2, 0.25) is 0 Å². The Morgan fingerprint density at radius 1 is 0.710 bits per heavy atom. The van der Waals surface area contributed by atoms with Crippen molar-refractivity contribution in [3.05, 3.63) is 88.3 Å². The molecule has 2 heterocycles. The number of fused-ring (bicyclic) bond motifs is 2. The molecule has 0 N–H and O–H groups in total. The van der Waals surface area contributed by atoms with Crippen LogP contribution in [0.4, 0.5) is 5.69 Å². The van der Waals surface area contributed by atoms with E-state index in [-0.39, 0.29) is 0 Å². The Hall–Kier alpha value is -3.86. The van der Waals surface area contributed by atoms with Gasteiger partial charge in [-0.25, -0.2) is 9.59 Å². The summed E-state index contributed by atoms with van der Waals surface area (Å²) in [6, 6.07) is 20.7. The minimum Gasteiger partial charge on any atom is -0.422 e. The van der Waals surface area contributed by atoms with Crippen LogP contribution in [-0.4, -0.2) is 25.0 Å². The molecule has 0 unspecified atom stereocenters. The third-order valence-corrected chi connectivity index (χ3v) is 5.77. The van der Waals surface area contributed by atoms with Crippen LogP contribution in [0.1, 0.15) is 25.0 Å². The summed E-state index contributed by atoms with van der Waals surface area (Å²) < 4.78 is 11.2. The van der Waals surface area contributed by atoms with Crippen LogP contribution < -0.4 is 24.8 Å². The molecule has 0 bridgehead atoms. The third-order valence-electron chi connectivity index (χ3n) is 5.77. The second-order valence-corrected chi connectivity index (χ2v) is 7.43. The Kier molecular flexibility index (Phi) is 4.59. The lowest BCUT2D eigenvalue weighted by atomic mass is 9.99. The summed E-state index contributed by atoms with van der Waals surface area (Å²) in [5.74, 6) is 0.0886. The molecule has 0 spiro atoms. The van der Waals surface area contributed by atoms with Gasteiger partial charge in [0.05, 0.1) is 11.1 Å². The number of carbonyl (C=O) groups excluding carboxylic acids is 2. The van der Waals surface area contributed by atoms with Crippen LogP contribution in [0.15, 0.2) is 66.7 Å². The first-order valence-electron chi connectivity index (χ1n) is 10.4. The van der Waals surface area contributed by atoms with E-state index < -0.39 is 11.9 Å². The molecule has 2 aliphatic rings. The van der Waals surface area contributed by atoms with Crippen molar-refractivity contribution in [3.8, 4) is 11.5 Å². The van der Waals surface area contributed by atoms with Crippen molar-refractivity contribution in [1.29, 1.82) is 0 Å². The number of carbonyl (C=O) groups is 2. The van der Waals surface area contributed by atoms with Gasteiger partial charge in [-0.2, -0.15) is 0 Å². The van der Waals surface area contributed by atoms with Gasteiger partial charge in [-0.1, -0.05) is 48.5 Å². The van der Waals surface area contributed by atoms with Gasteiger partial charge in [0.2, 0.25) is 0 Å². The quantitative estimate of drug-likeness (QED) is 0.477. The summed E-state index contributed by atoms with van der Waals surface area (Å²) in [6.07, 6.45) is 0. The van der Waals surface area contributed by atoms with E-state index in [2.05, 4.69) is 18.7 Å². The molecule has 0 radical (unpaired) electrons. The zero-order valence-corrected chi connectivity index (χ0v) is 17.3. The molecule has 31 heavy (non-hydrogen) atoms. The van der Waals surface area contributed by atoms with E-state index in [0.717, 1.165) is 29.9 Å². The largest absolute Gasteiger partial charge is 0.422 e. The van der Waals surface area contributed by atoms with E-state index in [1.165, 1.54) is 0 Å². The van der Waals surface area contributed by atoms with Gasteiger partial charge >= 0.3 is 11.9 Å². The Morgan fingerprint density at radius 2 is 1.26 bits per heavy atom. The summed E-state index contributed by atoms with van der Waals surface area (Å²) >= 11 is 0. The molecule has 154 valence electrons. The number of esters is 2. The van der Waals surface area contributed by atoms with E-state index in [9.17, 15) is 9.59 Å². The number of rotatable bonds is 5.